The second kappa shape index (κ2) is 5.28. The molecule has 0 atom stereocenters. The van der Waals surface area contributed by atoms with E-state index in [2.05, 4.69) is 4.98 Å². The molecule has 0 spiro atoms. The molecule has 0 aliphatic heterocycles. The van der Waals surface area contributed by atoms with Crippen molar-refractivity contribution in [3.63, 3.8) is 0 Å². The Morgan fingerprint density at radius 2 is 1.96 bits per heavy atom. The molecule has 5 heteroatoms. The second-order valence-electron chi connectivity index (χ2n) is 5.20. The quantitative estimate of drug-likeness (QED) is 0.584. The van der Waals surface area contributed by atoms with E-state index < -0.39 is 0 Å². The molecule has 4 aromatic rings. The number of ether oxygens (including phenoxy) is 1. The van der Waals surface area contributed by atoms with Crippen molar-refractivity contribution in [3.8, 4) is 11.4 Å². The average Bonchev–Trinajstić information content (AvgIpc) is 2.96. The lowest BCUT2D eigenvalue weighted by Crippen LogP contribution is -2.20. The first-order valence-electron chi connectivity index (χ1n) is 7.49. The summed E-state index contributed by atoms with van der Waals surface area (Å²) in [5, 5.41) is 0. The largest absolute Gasteiger partial charge is 0.494 e. The maximum atomic E-state index is 12.8. The Labute approximate surface area is 132 Å². The first-order valence-corrected chi connectivity index (χ1v) is 7.49. The topological polar surface area (TPSA) is 48.5 Å². The summed E-state index contributed by atoms with van der Waals surface area (Å²) in [7, 11) is 0. The van der Waals surface area contributed by atoms with Gasteiger partial charge in [-0.3, -0.25) is 13.8 Å². The van der Waals surface area contributed by atoms with Gasteiger partial charge in [-0.2, -0.15) is 0 Å². The first kappa shape index (κ1) is 13.6. The smallest absolute Gasteiger partial charge is 0.298 e. The van der Waals surface area contributed by atoms with E-state index in [1.807, 2.05) is 66.1 Å². The number of aromatic nitrogens is 3. The Morgan fingerprint density at radius 1 is 1.09 bits per heavy atom. The summed E-state index contributed by atoms with van der Waals surface area (Å²) in [6.07, 6.45) is 3.62. The van der Waals surface area contributed by atoms with Crippen LogP contribution in [-0.4, -0.2) is 20.6 Å². The van der Waals surface area contributed by atoms with Gasteiger partial charge in [-0.25, -0.2) is 4.98 Å². The van der Waals surface area contributed by atoms with E-state index >= 15 is 0 Å². The molecular weight excluding hydrogens is 290 g/mol. The lowest BCUT2D eigenvalue weighted by molar-refractivity contribution is 0.340. The van der Waals surface area contributed by atoms with Crippen molar-refractivity contribution in [1.82, 2.24) is 14.0 Å². The minimum atomic E-state index is -0.155. The Kier molecular flexibility index (Phi) is 3.12. The SMILES string of the molecule is CCOc1cccc(-n2ccn3c(nc4ccccc43)c2=O)c1. The Morgan fingerprint density at radius 3 is 2.83 bits per heavy atom. The number of rotatable bonds is 3. The van der Waals surface area contributed by atoms with Gasteiger partial charge in [0.2, 0.25) is 5.65 Å². The van der Waals surface area contributed by atoms with Gasteiger partial charge in [0.25, 0.3) is 5.56 Å². The third-order valence-electron chi connectivity index (χ3n) is 3.78. The van der Waals surface area contributed by atoms with E-state index in [0.717, 1.165) is 22.5 Å². The van der Waals surface area contributed by atoms with Crippen LogP contribution in [0.1, 0.15) is 6.92 Å². The highest BCUT2D eigenvalue weighted by molar-refractivity contribution is 5.80. The van der Waals surface area contributed by atoms with Gasteiger partial charge < -0.3 is 4.74 Å². The number of hydrogen-bond donors (Lipinski definition) is 0. The van der Waals surface area contributed by atoms with Crippen LogP contribution in [0.15, 0.2) is 65.7 Å². The molecule has 0 bridgehead atoms. The third kappa shape index (κ3) is 2.17. The Balaban J connectivity index is 1.95. The molecule has 0 saturated carbocycles. The zero-order chi connectivity index (χ0) is 15.8. The second-order valence-corrected chi connectivity index (χ2v) is 5.20. The van der Waals surface area contributed by atoms with Crippen LogP contribution in [0.3, 0.4) is 0 Å². The van der Waals surface area contributed by atoms with Crippen LogP contribution in [0.2, 0.25) is 0 Å². The molecule has 0 aliphatic carbocycles. The minimum absolute atomic E-state index is 0.155. The highest BCUT2D eigenvalue weighted by Gasteiger charge is 2.10. The van der Waals surface area contributed by atoms with Gasteiger partial charge in [-0.1, -0.05) is 18.2 Å². The summed E-state index contributed by atoms with van der Waals surface area (Å²) < 4.78 is 8.91. The number of imidazole rings is 1. The van der Waals surface area contributed by atoms with E-state index in [4.69, 9.17) is 4.74 Å². The fraction of sp³-hybridized carbons (Fsp3) is 0.111. The van der Waals surface area contributed by atoms with Crippen molar-refractivity contribution in [2.45, 2.75) is 6.92 Å². The molecule has 0 unspecified atom stereocenters. The van der Waals surface area contributed by atoms with Crippen molar-refractivity contribution < 1.29 is 4.74 Å². The van der Waals surface area contributed by atoms with Crippen LogP contribution in [-0.2, 0) is 0 Å². The van der Waals surface area contributed by atoms with Gasteiger partial charge in [0.05, 0.1) is 23.3 Å². The third-order valence-corrected chi connectivity index (χ3v) is 3.78. The summed E-state index contributed by atoms with van der Waals surface area (Å²) in [5.41, 5.74) is 2.75. The van der Waals surface area contributed by atoms with E-state index in [1.165, 1.54) is 0 Å². The van der Waals surface area contributed by atoms with E-state index in [0.29, 0.717) is 12.3 Å². The first-order chi connectivity index (χ1) is 11.3. The van der Waals surface area contributed by atoms with Gasteiger partial charge in [-0.15, -0.1) is 0 Å². The summed E-state index contributed by atoms with van der Waals surface area (Å²) >= 11 is 0. The monoisotopic (exact) mass is 305 g/mol. The van der Waals surface area contributed by atoms with E-state index in [1.54, 1.807) is 10.8 Å². The van der Waals surface area contributed by atoms with Crippen LogP contribution >= 0.6 is 0 Å². The van der Waals surface area contributed by atoms with Gasteiger partial charge in [0.15, 0.2) is 0 Å². The highest BCUT2D eigenvalue weighted by atomic mass is 16.5. The summed E-state index contributed by atoms with van der Waals surface area (Å²) in [4.78, 5) is 17.3. The molecule has 0 aliphatic rings. The lowest BCUT2D eigenvalue weighted by atomic mass is 10.3. The lowest BCUT2D eigenvalue weighted by Gasteiger charge is -2.08. The minimum Gasteiger partial charge on any atom is -0.494 e. The number of para-hydroxylation sites is 2. The molecule has 2 aromatic carbocycles. The fourth-order valence-corrected chi connectivity index (χ4v) is 2.75. The number of hydrogen-bond acceptors (Lipinski definition) is 3. The van der Waals surface area contributed by atoms with Gasteiger partial charge >= 0.3 is 0 Å². The zero-order valence-corrected chi connectivity index (χ0v) is 12.6. The van der Waals surface area contributed by atoms with Crippen LogP contribution < -0.4 is 10.3 Å². The molecule has 2 aromatic heterocycles. The number of nitrogens with zero attached hydrogens (tertiary/aromatic N) is 3. The molecule has 4 rings (SSSR count). The van der Waals surface area contributed by atoms with E-state index in [9.17, 15) is 4.79 Å². The predicted octanol–water partition coefficient (Wildman–Crippen LogP) is 3.04. The summed E-state index contributed by atoms with van der Waals surface area (Å²) in [6, 6.07) is 15.2. The molecule has 0 radical (unpaired) electrons. The molecule has 114 valence electrons. The fourth-order valence-electron chi connectivity index (χ4n) is 2.75. The Bertz CT molecular complexity index is 1060. The summed E-state index contributed by atoms with van der Waals surface area (Å²) in [5.74, 6) is 0.741. The molecule has 0 N–H and O–H groups in total. The predicted molar refractivity (Wildman–Crippen MR) is 89.5 cm³/mol. The van der Waals surface area contributed by atoms with Crippen molar-refractivity contribution in [2.24, 2.45) is 0 Å². The average molecular weight is 305 g/mol. The molecule has 5 nitrogen and oxygen atoms in total. The maximum Gasteiger partial charge on any atom is 0.298 e. The highest BCUT2D eigenvalue weighted by Crippen LogP contribution is 2.17. The molecule has 0 fully saturated rings. The summed E-state index contributed by atoms with van der Waals surface area (Å²) in [6.45, 7) is 2.52. The van der Waals surface area contributed by atoms with Crippen LogP contribution in [0.25, 0.3) is 22.4 Å². The van der Waals surface area contributed by atoms with Gasteiger partial charge in [0, 0.05) is 18.5 Å². The number of benzene rings is 2. The zero-order valence-electron chi connectivity index (χ0n) is 12.6. The Hall–Kier alpha value is -3.08. The van der Waals surface area contributed by atoms with Crippen molar-refractivity contribution >= 4 is 16.7 Å². The molecule has 0 amide bonds. The van der Waals surface area contributed by atoms with Crippen molar-refractivity contribution in [2.75, 3.05) is 6.61 Å². The molecule has 0 saturated heterocycles. The van der Waals surface area contributed by atoms with Crippen molar-refractivity contribution in [3.05, 3.63) is 71.3 Å². The van der Waals surface area contributed by atoms with Crippen LogP contribution in [0.5, 0.6) is 5.75 Å². The standard InChI is InChI=1S/C18H15N3O2/c1-2-23-14-7-5-6-13(12-14)20-10-11-21-16-9-4-3-8-15(16)19-17(21)18(20)22/h3-12H,2H2,1H3. The normalized spacial score (nSPS) is 11.2. The molecule has 23 heavy (non-hydrogen) atoms. The molecular formula is C18H15N3O2. The van der Waals surface area contributed by atoms with Gasteiger partial charge in [0.1, 0.15) is 5.75 Å². The maximum absolute atomic E-state index is 12.8. The van der Waals surface area contributed by atoms with Crippen molar-refractivity contribution in [1.29, 1.82) is 0 Å². The van der Waals surface area contributed by atoms with Gasteiger partial charge in [-0.05, 0) is 31.2 Å². The van der Waals surface area contributed by atoms with Crippen LogP contribution in [0, 0.1) is 0 Å². The number of fused-ring (bicyclic) bond motifs is 3. The van der Waals surface area contributed by atoms with Crippen LogP contribution in [0.4, 0.5) is 0 Å². The molecule has 2 heterocycles. The van der Waals surface area contributed by atoms with E-state index in [-0.39, 0.29) is 5.56 Å².